The summed E-state index contributed by atoms with van der Waals surface area (Å²) in [4.78, 5) is 14.5. The van der Waals surface area contributed by atoms with E-state index in [4.69, 9.17) is 9.47 Å². The molecule has 138 valence electrons. The van der Waals surface area contributed by atoms with E-state index in [1.54, 1.807) is 0 Å². The predicted molar refractivity (Wildman–Crippen MR) is 97.6 cm³/mol. The highest BCUT2D eigenvalue weighted by molar-refractivity contribution is 5.74. The molecule has 5 heteroatoms. The van der Waals surface area contributed by atoms with Gasteiger partial charge in [-0.2, -0.15) is 0 Å². The van der Waals surface area contributed by atoms with Crippen LogP contribution in [0.25, 0.3) is 0 Å². The van der Waals surface area contributed by atoms with Crippen molar-refractivity contribution in [3.63, 3.8) is 0 Å². The maximum Gasteiger partial charge on any atom is 0.317 e. The van der Waals surface area contributed by atoms with Crippen LogP contribution < -0.4 is 5.32 Å². The molecule has 1 aromatic carbocycles. The standard InChI is InChI=1S/C20H30N2O3/c1-15-12-18(13-16(2)25-15)21-20(23)22-10-11-24-19(14-22)9-8-17-6-4-3-5-7-17/h3-7,15-16,18-19H,8-14H2,1-2H3,(H,21,23)/t15-,16-,19+/m1/s1. The van der Waals surface area contributed by atoms with Gasteiger partial charge >= 0.3 is 6.03 Å². The van der Waals surface area contributed by atoms with Crippen LogP contribution in [0.5, 0.6) is 0 Å². The van der Waals surface area contributed by atoms with Crippen molar-refractivity contribution in [3.8, 4) is 0 Å². The molecule has 3 atom stereocenters. The number of carbonyl (C=O) groups excluding carboxylic acids is 1. The van der Waals surface area contributed by atoms with Crippen molar-refractivity contribution >= 4 is 6.03 Å². The first kappa shape index (κ1) is 18.2. The molecule has 0 bridgehead atoms. The summed E-state index contributed by atoms with van der Waals surface area (Å²) in [7, 11) is 0. The monoisotopic (exact) mass is 346 g/mol. The number of hydrogen-bond donors (Lipinski definition) is 1. The Balaban J connectivity index is 1.46. The Bertz CT molecular complexity index is 541. The Labute approximate surface area is 150 Å². The minimum absolute atomic E-state index is 0.0410. The molecular formula is C20H30N2O3. The number of carbonyl (C=O) groups is 1. The molecule has 1 aromatic rings. The fraction of sp³-hybridized carbons (Fsp3) is 0.650. The summed E-state index contributed by atoms with van der Waals surface area (Å²) in [6.07, 6.45) is 4.23. The highest BCUT2D eigenvalue weighted by Crippen LogP contribution is 2.20. The molecule has 2 saturated heterocycles. The van der Waals surface area contributed by atoms with E-state index in [0.29, 0.717) is 19.7 Å². The number of rotatable bonds is 4. The smallest absolute Gasteiger partial charge is 0.317 e. The summed E-state index contributed by atoms with van der Waals surface area (Å²) in [5, 5.41) is 3.20. The van der Waals surface area contributed by atoms with Gasteiger partial charge in [-0.1, -0.05) is 30.3 Å². The first-order valence-electron chi connectivity index (χ1n) is 9.46. The van der Waals surface area contributed by atoms with Gasteiger partial charge in [0.05, 0.1) is 24.9 Å². The van der Waals surface area contributed by atoms with Gasteiger partial charge in [0.2, 0.25) is 0 Å². The zero-order valence-electron chi connectivity index (χ0n) is 15.3. The lowest BCUT2D eigenvalue weighted by molar-refractivity contribution is -0.0432. The van der Waals surface area contributed by atoms with Crippen molar-refractivity contribution in [2.24, 2.45) is 0 Å². The van der Waals surface area contributed by atoms with Gasteiger partial charge in [0.15, 0.2) is 0 Å². The van der Waals surface area contributed by atoms with Crippen molar-refractivity contribution in [2.75, 3.05) is 19.7 Å². The summed E-state index contributed by atoms with van der Waals surface area (Å²) >= 11 is 0. The summed E-state index contributed by atoms with van der Waals surface area (Å²) in [6.45, 7) is 6.11. The lowest BCUT2D eigenvalue weighted by atomic mass is 10.00. The van der Waals surface area contributed by atoms with Crippen molar-refractivity contribution in [1.29, 1.82) is 0 Å². The number of amides is 2. The molecule has 0 spiro atoms. The van der Waals surface area contributed by atoms with E-state index >= 15 is 0 Å². The molecule has 25 heavy (non-hydrogen) atoms. The van der Waals surface area contributed by atoms with Gasteiger partial charge in [-0.05, 0) is 45.1 Å². The van der Waals surface area contributed by atoms with E-state index < -0.39 is 0 Å². The molecule has 2 aliphatic heterocycles. The zero-order valence-corrected chi connectivity index (χ0v) is 15.3. The molecule has 5 nitrogen and oxygen atoms in total. The maximum absolute atomic E-state index is 12.6. The Hall–Kier alpha value is -1.59. The average Bonchev–Trinajstić information content (AvgIpc) is 2.60. The average molecular weight is 346 g/mol. The highest BCUT2D eigenvalue weighted by atomic mass is 16.5. The quantitative estimate of drug-likeness (QED) is 0.912. The van der Waals surface area contributed by atoms with Gasteiger partial charge in [-0.25, -0.2) is 4.79 Å². The molecule has 0 saturated carbocycles. The van der Waals surface area contributed by atoms with Crippen LogP contribution in [0.4, 0.5) is 4.79 Å². The number of ether oxygens (including phenoxy) is 2. The van der Waals surface area contributed by atoms with Crippen LogP contribution in [0.15, 0.2) is 30.3 Å². The molecular weight excluding hydrogens is 316 g/mol. The van der Waals surface area contributed by atoms with Crippen molar-refractivity contribution < 1.29 is 14.3 Å². The third-order valence-electron chi connectivity index (χ3n) is 5.05. The van der Waals surface area contributed by atoms with Gasteiger partial charge in [-0.15, -0.1) is 0 Å². The SMILES string of the molecule is C[C@@H]1CC(NC(=O)N2CCO[C@@H](CCc3ccccc3)C2)C[C@@H](C)O1. The van der Waals surface area contributed by atoms with E-state index in [1.165, 1.54) is 5.56 Å². The normalized spacial score (nSPS) is 30.1. The molecule has 1 N–H and O–H groups in total. The van der Waals surface area contributed by atoms with Crippen molar-refractivity contribution in [3.05, 3.63) is 35.9 Å². The molecule has 0 unspecified atom stereocenters. The van der Waals surface area contributed by atoms with Crippen LogP contribution in [0.1, 0.15) is 38.7 Å². The molecule has 0 aromatic heterocycles. The van der Waals surface area contributed by atoms with Crippen LogP contribution in [-0.2, 0) is 15.9 Å². The first-order valence-corrected chi connectivity index (χ1v) is 9.46. The molecule has 0 radical (unpaired) electrons. The molecule has 2 heterocycles. The third kappa shape index (κ3) is 5.44. The highest BCUT2D eigenvalue weighted by Gasteiger charge is 2.29. The number of morpholine rings is 1. The van der Waals surface area contributed by atoms with Crippen LogP contribution in [0.3, 0.4) is 0 Å². The fourth-order valence-corrected chi connectivity index (χ4v) is 3.84. The minimum Gasteiger partial charge on any atom is -0.375 e. The number of nitrogens with one attached hydrogen (secondary N) is 1. The number of hydrogen-bond acceptors (Lipinski definition) is 3. The summed E-state index contributed by atoms with van der Waals surface area (Å²) in [5.74, 6) is 0. The Morgan fingerprint density at radius 1 is 1.20 bits per heavy atom. The molecule has 2 aliphatic rings. The van der Waals surface area contributed by atoms with E-state index in [2.05, 4.69) is 43.4 Å². The van der Waals surface area contributed by atoms with Crippen molar-refractivity contribution in [1.82, 2.24) is 10.2 Å². The second-order valence-electron chi connectivity index (χ2n) is 7.34. The fourth-order valence-electron chi connectivity index (χ4n) is 3.84. The van der Waals surface area contributed by atoms with Crippen LogP contribution >= 0.6 is 0 Å². The van der Waals surface area contributed by atoms with Gasteiger partial charge in [-0.3, -0.25) is 0 Å². The second-order valence-corrected chi connectivity index (χ2v) is 7.34. The summed E-state index contributed by atoms with van der Waals surface area (Å²) in [6, 6.07) is 10.7. The molecule has 0 aliphatic carbocycles. The predicted octanol–water partition coefficient (Wildman–Crippen LogP) is 2.99. The topological polar surface area (TPSA) is 50.8 Å². The molecule has 2 amide bonds. The lowest BCUT2D eigenvalue weighted by Gasteiger charge is -2.36. The number of benzene rings is 1. The van der Waals surface area contributed by atoms with E-state index in [9.17, 15) is 4.79 Å². The number of nitrogens with zero attached hydrogens (tertiary/aromatic N) is 1. The van der Waals surface area contributed by atoms with E-state index in [0.717, 1.165) is 25.7 Å². The van der Waals surface area contributed by atoms with Gasteiger partial charge in [0.1, 0.15) is 0 Å². The van der Waals surface area contributed by atoms with Gasteiger partial charge < -0.3 is 19.7 Å². The van der Waals surface area contributed by atoms with E-state index in [-0.39, 0.29) is 30.4 Å². The maximum atomic E-state index is 12.6. The minimum atomic E-state index is 0.0410. The Morgan fingerprint density at radius 3 is 2.64 bits per heavy atom. The lowest BCUT2D eigenvalue weighted by Crippen LogP contribution is -2.53. The van der Waals surface area contributed by atoms with Crippen LogP contribution in [-0.4, -0.2) is 55.0 Å². The first-order chi connectivity index (χ1) is 12.1. The van der Waals surface area contributed by atoms with Gasteiger partial charge in [0, 0.05) is 19.1 Å². The Morgan fingerprint density at radius 2 is 1.92 bits per heavy atom. The summed E-state index contributed by atoms with van der Waals surface area (Å²) in [5.41, 5.74) is 1.32. The Kier molecular flexibility index (Phi) is 6.32. The second kappa shape index (κ2) is 8.68. The summed E-state index contributed by atoms with van der Waals surface area (Å²) < 4.78 is 11.6. The van der Waals surface area contributed by atoms with Gasteiger partial charge in [0.25, 0.3) is 0 Å². The molecule has 2 fully saturated rings. The van der Waals surface area contributed by atoms with Crippen LogP contribution in [0.2, 0.25) is 0 Å². The third-order valence-corrected chi connectivity index (χ3v) is 5.05. The number of aryl methyl sites for hydroxylation is 1. The zero-order chi connectivity index (χ0) is 17.6. The van der Waals surface area contributed by atoms with E-state index in [1.807, 2.05) is 11.0 Å². The largest absolute Gasteiger partial charge is 0.375 e. The van der Waals surface area contributed by atoms with Crippen LogP contribution in [0, 0.1) is 0 Å². The molecule has 3 rings (SSSR count). The van der Waals surface area contributed by atoms with Crippen molar-refractivity contribution in [2.45, 2.75) is 63.9 Å². The number of urea groups is 1.